The molecule has 1 N–H and O–H groups in total. The SMILES string of the molecule is C=C/C=C(\C=C/CCc1ccccc1)NC(=C)C. The van der Waals surface area contributed by atoms with Gasteiger partial charge in [-0.3, -0.25) is 0 Å². The summed E-state index contributed by atoms with van der Waals surface area (Å²) in [5.41, 5.74) is 3.31. The van der Waals surface area contributed by atoms with E-state index in [9.17, 15) is 0 Å². The minimum absolute atomic E-state index is 0.927. The highest BCUT2D eigenvalue weighted by molar-refractivity contribution is 5.24. The van der Waals surface area contributed by atoms with Crippen LogP contribution in [0.2, 0.25) is 0 Å². The summed E-state index contributed by atoms with van der Waals surface area (Å²) in [7, 11) is 0. The molecule has 0 bridgehead atoms. The molecule has 0 aliphatic heterocycles. The Labute approximate surface area is 110 Å². The first kappa shape index (κ1) is 14.0. The van der Waals surface area contributed by atoms with Crippen molar-refractivity contribution in [1.29, 1.82) is 0 Å². The zero-order valence-corrected chi connectivity index (χ0v) is 11.0. The van der Waals surface area contributed by atoms with Gasteiger partial charge in [0.25, 0.3) is 0 Å². The van der Waals surface area contributed by atoms with Crippen molar-refractivity contribution in [3.63, 3.8) is 0 Å². The van der Waals surface area contributed by atoms with Gasteiger partial charge in [0.15, 0.2) is 0 Å². The van der Waals surface area contributed by atoms with E-state index in [0.717, 1.165) is 24.2 Å². The molecule has 0 heterocycles. The van der Waals surface area contributed by atoms with Crippen LogP contribution in [-0.4, -0.2) is 0 Å². The van der Waals surface area contributed by atoms with Gasteiger partial charge in [0.05, 0.1) is 0 Å². The normalized spacial score (nSPS) is 11.5. The molecule has 1 heteroatoms. The quantitative estimate of drug-likeness (QED) is 0.697. The number of rotatable bonds is 7. The summed E-state index contributed by atoms with van der Waals surface area (Å²) in [6.07, 6.45) is 10.0. The number of aryl methyl sites for hydroxylation is 1. The highest BCUT2D eigenvalue weighted by Crippen LogP contribution is 2.04. The number of benzene rings is 1. The highest BCUT2D eigenvalue weighted by Gasteiger charge is 1.91. The second-order valence-electron chi connectivity index (χ2n) is 4.19. The Morgan fingerprint density at radius 3 is 2.61 bits per heavy atom. The standard InChI is InChI=1S/C17H21N/c1-4-10-17(18-15(2)3)14-9-8-13-16-11-6-5-7-12-16/h4-7,9-12,14,18H,1-2,8,13H2,3H3/b14-9-,17-10+. The van der Waals surface area contributed by atoms with Gasteiger partial charge in [-0.15, -0.1) is 0 Å². The predicted octanol–water partition coefficient (Wildman–Crippen LogP) is 4.37. The van der Waals surface area contributed by atoms with Crippen LogP contribution in [0.4, 0.5) is 0 Å². The van der Waals surface area contributed by atoms with Crippen LogP contribution in [0.3, 0.4) is 0 Å². The number of allylic oxidation sites excluding steroid dienone is 5. The van der Waals surface area contributed by atoms with E-state index in [4.69, 9.17) is 0 Å². The van der Waals surface area contributed by atoms with Gasteiger partial charge in [-0.1, -0.05) is 55.6 Å². The second kappa shape index (κ2) is 8.13. The maximum absolute atomic E-state index is 3.83. The molecule has 0 aliphatic carbocycles. The van der Waals surface area contributed by atoms with E-state index in [1.165, 1.54) is 5.56 Å². The highest BCUT2D eigenvalue weighted by atomic mass is 14.9. The molecule has 94 valence electrons. The van der Waals surface area contributed by atoms with Crippen molar-refractivity contribution < 1.29 is 0 Å². The van der Waals surface area contributed by atoms with E-state index < -0.39 is 0 Å². The number of hydrogen-bond acceptors (Lipinski definition) is 1. The van der Waals surface area contributed by atoms with Gasteiger partial charge >= 0.3 is 0 Å². The molecule has 0 spiro atoms. The van der Waals surface area contributed by atoms with E-state index in [0.29, 0.717) is 0 Å². The summed E-state index contributed by atoms with van der Waals surface area (Å²) >= 11 is 0. The molecule has 0 saturated carbocycles. The Morgan fingerprint density at radius 1 is 1.28 bits per heavy atom. The van der Waals surface area contributed by atoms with Crippen LogP contribution in [0.1, 0.15) is 18.9 Å². The first-order valence-electron chi connectivity index (χ1n) is 6.18. The van der Waals surface area contributed by atoms with Gasteiger partial charge in [-0.2, -0.15) is 0 Å². The fourth-order valence-electron chi connectivity index (χ4n) is 1.62. The smallest absolute Gasteiger partial charge is 0.0378 e. The molecule has 1 nitrogen and oxygen atoms in total. The molecular formula is C17H21N. The van der Waals surface area contributed by atoms with Crippen molar-refractivity contribution in [2.45, 2.75) is 19.8 Å². The van der Waals surface area contributed by atoms with Crippen LogP contribution in [0, 0.1) is 0 Å². The lowest BCUT2D eigenvalue weighted by atomic mass is 10.1. The maximum atomic E-state index is 3.83. The lowest BCUT2D eigenvalue weighted by Gasteiger charge is -2.05. The Kier molecular flexibility index (Phi) is 6.34. The first-order chi connectivity index (χ1) is 8.72. The van der Waals surface area contributed by atoms with Crippen molar-refractivity contribution >= 4 is 0 Å². The molecule has 1 aromatic carbocycles. The molecule has 0 aliphatic rings. The summed E-state index contributed by atoms with van der Waals surface area (Å²) < 4.78 is 0. The third-order valence-electron chi connectivity index (χ3n) is 2.40. The molecule has 18 heavy (non-hydrogen) atoms. The summed E-state index contributed by atoms with van der Waals surface area (Å²) in [6.45, 7) is 9.48. The molecule has 0 amide bonds. The average molecular weight is 239 g/mol. The van der Waals surface area contributed by atoms with E-state index in [2.05, 4.69) is 54.9 Å². The minimum atomic E-state index is 0.927. The lowest BCUT2D eigenvalue weighted by molar-refractivity contribution is 0.979. The Morgan fingerprint density at radius 2 is 2.00 bits per heavy atom. The van der Waals surface area contributed by atoms with E-state index in [1.54, 1.807) is 6.08 Å². The third kappa shape index (κ3) is 5.90. The van der Waals surface area contributed by atoms with Gasteiger partial charge in [0.1, 0.15) is 0 Å². The molecular weight excluding hydrogens is 218 g/mol. The zero-order chi connectivity index (χ0) is 13.2. The number of nitrogens with one attached hydrogen (secondary N) is 1. The molecule has 0 unspecified atom stereocenters. The molecule has 0 radical (unpaired) electrons. The van der Waals surface area contributed by atoms with Gasteiger partial charge in [-0.25, -0.2) is 0 Å². The topological polar surface area (TPSA) is 12.0 Å². The van der Waals surface area contributed by atoms with Gasteiger partial charge in [0, 0.05) is 11.4 Å². The van der Waals surface area contributed by atoms with Crippen molar-refractivity contribution in [2.24, 2.45) is 0 Å². The summed E-state index contributed by atoms with van der Waals surface area (Å²) in [4.78, 5) is 0. The van der Waals surface area contributed by atoms with E-state index >= 15 is 0 Å². The van der Waals surface area contributed by atoms with Crippen LogP contribution in [-0.2, 0) is 6.42 Å². The minimum Gasteiger partial charge on any atom is -0.360 e. The van der Waals surface area contributed by atoms with Crippen LogP contribution >= 0.6 is 0 Å². The van der Waals surface area contributed by atoms with Crippen molar-refractivity contribution in [3.05, 3.63) is 84.8 Å². The third-order valence-corrected chi connectivity index (χ3v) is 2.40. The molecule has 0 atom stereocenters. The average Bonchev–Trinajstić information content (AvgIpc) is 2.35. The zero-order valence-electron chi connectivity index (χ0n) is 11.0. The Bertz CT molecular complexity index is 438. The van der Waals surface area contributed by atoms with E-state index in [-0.39, 0.29) is 0 Å². The molecule has 0 fully saturated rings. The largest absolute Gasteiger partial charge is 0.360 e. The van der Waals surface area contributed by atoms with Crippen LogP contribution in [0.25, 0.3) is 0 Å². The summed E-state index contributed by atoms with van der Waals surface area (Å²) in [5, 5.41) is 3.19. The van der Waals surface area contributed by atoms with Crippen LogP contribution < -0.4 is 5.32 Å². The number of hydrogen-bond donors (Lipinski definition) is 1. The fraction of sp³-hybridized carbons (Fsp3) is 0.176. The van der Waals surface area contributed by atoms with Crippen molar-refractivity contribution in [3.8, 4) is 0 Å². The second-order valence-corrected chi connectivity index (χ2v) is 4.19. The monoisotopic (exact) mass is 239 g/mol. The van der Waals surface area contributed by atoms with Gasteiger partial charge in [0.2, 0.25) is 0 Å². The van der Waals surface area contributed by atoms with Crippen molar-refractivity contribution in [1.82, 2.24) is 5.32 Å². The van der Waals surface area contributed by atoms with Crippen LogP contribution in [0.15, 0.2) is 79.2 Å². The summed E-state index contributed by atoms with van der Waals surface area (Å²) in [6, 6.07) is 10.5. The Balaban J connectivity index is 2.45. The van der Waals surface area contributed by atoms with Gasteiger partial charge < -0.3 is 5.32 Å². The predicted molar refractivity (Wildman–Crippen MR) is 80.1 cm³/mol. The first-order valence-corrected chi connectivity index (χ1v) is 6.18. The summed E-state index contributed by atoms with van der Waals surface area (Å²) in [5.74, 6) is 0. The molecule has 0 aromatic heterocycles. The molecule has 0 saturated heterocycles. The van der Waals surface area contributed by atoms with Gasteiger partial charge in [-0.05, 0) is 37.5 Å². The lowest BCUT2D eigenvalue weighted by Crippen LogP contribution is -2.07. The van der Waals surface area contributed by atoms with Crippen LogP contribution in [0.5, 0.6) is 0 Å². The maximum Gasteiger partial charge on any atom is 0.0378 e. The fourth-order valence-corrected chi connectivity index (χ4v) is 1.62. The van der Waals surface area contributed by atoms with Crippen molar-refractivity contribution in [2.75, 3.05) is 0 Å². The molecule has 1 aromatic rings. The van der Waals surface area contributed by atoms with E-state index in [1.807, 2.05) is 19.1 Å². The Hall–Kier alpha value is -2.02. The molecule has 1 rings (SSSR count).